The standard InChI is InChI=1S/C13H19N3O3/c1-4-5-6-10-14-15-11(19-10)12(17)16-7-8-18-13(2,3)9-16/h4-5H,6-9H2,1-3H3. The van der Waals surface area contributed by atoms with Gasteiger partial charge >= 0.3 is 11.8 Å². The summed E-state index contributed by atoms with van der Waals surface area (Å²) in [5, 5.41) is 7.67. The Morgan fingerprint density at radius 3 is 2.95 bits per heavy atom. The minimum absolute atomic E-state index is 0.0530. The van der Waals surface area contributed by atoms with Gasteiger partial charge in [-0.2, -0.15) is 0 Å². The van der Waals surface area contributed by atoms with E-state index < -0.39 is 0 Å². The second kappa shape index (κ2) is 5.52. The number of ether oxygens (including phenoxy) is 1. The Kier molecular flexibility index (Phi) is 3.99. The van der Waals surface area contributed by atoms with Gasteiger partial charge in [0.05, 0.1) is 12.2 Å². The van der Waals surface area contributed by atoms with Gasteiger partial charge in [-0.05, 0) is 20.8 Å². The molecule has 2 rings (SSSR count). The fraction of sp³-hybridized carbons (Fsp3) is 0.615. The average molecular weight is 265 g/mol. The van der Waals surface area contributed by atoms with Gasteiger partial charge in [-0.1, -0.05) is 12.2 Å². The topological polar surface area (TPSA) is 68.5 Å². The summed E-state index contributed by atoms with van der Waals surface area (Å²) in [4.78, 5) is 13.9. The summed E-state index contributed by atoms with van der Waals surface area (Å²) in [6.45, 7) is 7.43. The molecule has 1 fully saturated rings. The molecule has 104 valence electrons. The van der Waals surface area contributed by atoms with E-state index in [1.807, 2.05) is 32.9 Å². The summed E-state index contributed by atoms with van der Waals surface area (Å²) in [5.41, 5.74) is -0.332. The molecule has 1 amide bonds. The van der Waals surface area contributed by atoms with Crippen molar-refractivity contribution in [3.8, 4) is 0 Å². The van der Waals surface area contributed by atoms with Gasteiger partial charge in [0.15, 0.2) is 0 Å². The van der Waals surface area contributed by atoms with Crippen molar-refractivity contribution in [2.45, 2.75) is 32.8 Å². The number of allylic oxidation sites excluding steroid dienone is 2. The zero-order valence-electron chi connectivity index (χ0n) is 11.5. The number of carbonyl (C=O) groups excluding carboxylic acids is 1. The Balaban J connectivity index is 2.04. The van der Waals surface area contributed by atoms with Crippen LogP contribution in [0.4, 0.5) is 0 Å². The van der Waals surface area contributed by atoms with Crippen LogP contribution in [0.3, 0.4) is 0 Å². The van der Waals surface area contributed by atoms with Crippen LogP contribution in [-0.4, -0.2) is 46.3 Å². The lowest BCUT2D eigenvalue weighted by Gasteiger charge is -2.37. The van der Waals surface area contributed by atoms with Crippen LogP contribution in [0.2, 0.25) is 0 Å². The maximum atomic E-state index is 12.2. The van der Waals surface area contributed by atoms with Crippen LogP contribution >= 0.6 is 0 Å². The number of amides is 1. The predicted octanol–water partition coefficient (Wildman–Crippen LogP) is 1.44. The Morgan fingerprint density at radius 2 is 2.26 bits per heavy atom. The molecule has 0 unspecified atom stereocenters. The lowest BCUT2D eigenvalue weighted by atomic mass is 10.1. The maximum absolute atomic E-state index is 12.2. The highest BCUT2D eigenvalue weighted by atomic mass is 16.5. The summed E-state index contributed by atoms with van der Waals surface area (Å²) in [5.74, 6) is 0.279. The monoisotopic (exact) mass is 265 g/mol. The van der Waals surface area contributed by atoms with E-state index >= 15 is 0 Å². The van der Waals surface area contributed by atoms with Crippen molar-refractivity contribution in [3.63, 3.8) is 0 Å². The minimum atomic E-state index is -0.332. The number of hydrogen-bond acceptors (Lipinski definition) is 5. The Bertz CT molecular complexity index is 479. The zero-order chi connectivity index (χ0) is 13.9. The number of hydrogen-bond donors (Lipinski definition) is 0. The SMILES string of the molecule is CC=CCc1nnc(C(=O)N2CCOC(C)(C)C2)o1. The van der Waals surface area contributed by atoms with Crippen LogP contribution in [0.25, 0.3) is 0 Å². The Hall–Kier alpha value is -1.69. The molecule has 0 saturated carbocycles. The molecule has 19 heavy (non-hydrogen) atoms. The molecule has 0 aliphatic carbocycles. The summed E-state index contributed by atoms with van der Waals surface area (Å²) in [6, 6.07) is 0. The summed E-state index contributed by atoms with van der Waals surface area (Å²) in [6.07, 6.45) is 4.35. The van der Waals surface area contributed by atoms with E-state index in [9.17, 15) is 4.79 Å². The van der Waals surface area contributed by atoms with Crippen molar-refractivity contribution in [3.05, 3.63) is 23.9 Å². The molecule has 1 saturated heterocycles. The number of rotatable bonds is 3. The van der Waals surface area contributed by atoms with Crippen molar-refractivity contribution in [2.75, 3.05) is 19.7 Å². The molecule has 1 aliphatic heterocycles. The molecule has 1 aliphatic rings. The third-order valence-corrected chi connectivity index (χ3v) is 2.89. The van der Waals surface area contributed by atoms with Crippen molar-refractivity contribution < 1.29 is 13.9 Å². The van der Waals surface area contributed by atoms with Crippen molar-refractivity contribution in [2.24, 2.45) is 0 Å². The van der Waals surface area contributed by atoms with Gasteiger partial charge in [0.25, 0.3) is 0 Å². The van der Waals surface area contributed by atoms with Gasteiger partial charge < -0.3 is 14.1 Å². The van der Waals surface area contributed by atoms with E-state index in [1.54, 1.807) is 4.90 Å². The van der Waals surface area contributed by atoms with Gasteiger partial charge in [0.1, 0.15) is 0 Å². The molecule has 0 spiro atoms. The highest BCUT2D eigenvalue weighted by molar-refractivity contribution is 5.89. The van der Waals surface area contributed by atoms with Crippen LogP contribution in [-0.2, 0) is 11.2 Å². The third kappa shape index (κ3) is 3.41. The third-order valence-electron chi connectivity index (χ3n) is 2.89. The molecule has 0 aromatic carbocycles. The molecule has 0 bridgehead atoms. The van der Waals surface area contributed by atoms with Gasteiger partial charge in [-0.3, -0.25) is 4.79 Å². The Morgan fingerprint density at radius 1 is 1.47 bits per heavy atom. The molecule has 0 radical (unpaired) electrons. The van der Waals surface area contributed by atoms with E-state index in [4.69, 9.17) is 9.15 Å². The first-order valence-corrected chi connectivity index (χ1v) is 6.38. The first-order chi connectivity index (χ1) is 9.02. The number of carbonyl (C=O) groups is 1. The highest BCUT2D eigenvalue weighted by Gasteiger charge is 2.32. The second-order valence-electron chi connectivity index (χ2n) is 5.11. The maximum Gasteiger partial charge on any atom is 0.311 e. The van der Waals surface area contributed by atoms with Gasteiger partial charge in [-0.15, -0.1) is 10.2 Å². The summed E-state index contributed by atoms with van der Waals surface area (Å²) in [7, 11) is 0. The van der Waals surface area contributed by atoms with Crippen LogP contribution in [0.1, 0.15) is 37.3 Å². The minimum Gasteiger partial charge on any atom is -0.417 e. The van der Waals surface area contributed by atoms with Gasteiger partial charge in [-0.25, -0.2) is 0 Å². The molecule has 6 heteroatoms. The molecule has 0 atom stereocenters. The van der Waals surface area contributed by atoms with E-state index in [0.29, 0.717) is 32.0 Å². The summed E-state index contributed by atoms with van der Waals surface area (Å²) >= 11 is 0. The fourth-order valence-electron chi connectivity index (χ4n) is 1.97. The normalized spacial score (nSPS) is 19.0. The van der Waals surface area contributed by atoms with Crippen molar-refractivity contribution in [1.29, 1.82) is 0 Å². The van der Waals surface area contributed by atoms with Crippen molar-refractivity contribution in [1.82, 2.24) is 15.1 Å². The van der Waals surface area contributed by atoms with E-state index in [2.05, 4.69) is 10.2 Å². The van der Waals surface area contributed by atoms with Gasteiger partial charge in [0, 0.05) is 19.5 Å². The first-order valence-electron chi connectivity index (χ1n) is 6.38. The van der Waals surface area contributed by atoms with Crippen LogP contribution < -0.4 is 0 Å². The predicted molar refractivity (Wildman–Crippen MR) is 68.8 cm³/mol. The molecule has 2 heterocycles. The number of nitrogens with zero attached hydrogens (tertiary/aromatic N) is 3. The molecule has 1 aromatic heterocycles. The zero-order valence-corrected chi connectivity index (χ0v) is 11.5. The van der Waals surface area contributed by atoms with Crippen molar-refractivity contribution >= 4 is 5.91 Å². The van der Waals surface area contributed by atoms with Crippen LogP contribution in [0.15, 0.2) is 16.6 Å². The molecular weight excluding hydrogens is 246 g/mol. The number of morpholine rings is 1. The lowest BCUT2D eigenvalue weighted by Crippen LogP contribution is -2.50. The van der Waals surface area contributed by atoms with E-state index in [0.717, 1.165) is 0 Å². The van der Waals surface area contributed by atoms with Crippen LogP contribution in [0, 0.1) is 0 Å². The van der Waals surface area contributed by atoms with Gasteiger partial charge in [0.2, 0.25) is 5.89 Å². The lowest BCUT2D eigenvalue weighted by molar-refractivity contribution is -0.0770. The Labute approximate surface area is 112 Å². The molecule has 1 aromatic rings. The molecule has 6 nitrogen and oxygen atoms in total. The fourth-order valence-corrected chi connectivity index (χ4v) is 1.97. The number of aromatic nitrogens is 2. The highest BCUT2D eigenvalue weighted by Crippen LogP contribution is 2.18. The second-order valence-corrected chi connectivity index (χ2v) is 5.11. The van der Waals surface area contributed by atoms with E-state index in [1.165, 1.54) is 0 Å². The molecule has 0 N–H and O–H groups in total. The average Bonchev–Trinajstić information content (AvgIpc) is 2.83. The smallest absolute Gasteiger partial charge is 0.311 e. The quantitative estimate of drug-likeness (QED) is 0.773. The summed E-state index contributed by atoms with van der Waals surface area (Å²) < 4.78 is 10.9. The largest absolute Gasteiger partial charge is 0.417 e. The first kappa shape index (κ1) is 13.7. The molecular formula is C13H19N3O3. The van der Waals surface area contributed by atoms with Crippen LogP contribution in [0.5, 0.6) is 0 Å². The van der Waals surface area contributed by atoms with E-state index in [-0.39, 0.29) is 17.4 Å².